The number of nitrogens with zero attached hydrogens (tertiary/aromatic N) is 3. The summed E-state index contributed by atoms with van der Waals surface area (Å²) in [6.45, 7) is 5.95. The van der Waals surface area contributed by atoms with E-state index in [1.54, 1.807) is 50.6 Å². The van der Waals surface area contributed by atoms with Gasteiger partial charge in [0.1, 0.15) is 23.4 Å². The number of nitrogens with one attached hydrogen (secondary N) is 1. The number of thiazole rings is 1. The van der Waals surface area contributed by atoms with Crippen molar-refractivity contribution in [1.29, 1.82) is 0 Å². The van der Waals surface area contributed by atoms with Crippen LogP contribution in [-0.4, -0.2) is 40.9 Å². The van der Waals surface area contributed by atoms with E-state index in [1.165, 1.54) is 11.3 Å². The number of hydrogen-bond acceptors (Lipinski definition) is 9. The van der Waals surface area contributed by atoms with Gasteiger partial charge in [0, 0.05) is 42.3 Å². The molecule has 4 rings (SSSR count). The number of anilines is 1. The van der Waals surface area contributed by atoms with Crippen molar-refractivity contribution in [2.24, 2.45) is 0 Å². The summed E-state index contributed by atoms with van der Waals surface area (Å²) in [7, 11) is 1.60. The van der Waals surface area contributed by atoms with Crippen LogP contribution in [0.2, 0.25) is 0 Å². The van der Waals surface area contributed by atoms with Crippen LogP contribution in [-0.2, 0) is 4.74 Å². The topological polar surface area (TPSA) is 109 Å². The lowest BCUT2D eigenvalue weighted by Gasteiger charge is -2.16. The third kappa shape index (κ3) is 5.97. The SMILES string of the molecule is COCC(C)Oc1cc(Oc2ccc(-c3nnc(C)o3)cc2)cc(C(=O)Nc2ncc(C)s2)c1. The lowest BCUT2D eigenvalue weighted by molar-refractivity contribution is 0.0916. The van der Waals surface area contributed by atoms with Gasteiger partial charge in [-0.1, -0.05) is 0 Å². The minimum Gasteiger partial charge on any atom is -0.488 e. The Kier molecular flexibility index (Phi) is 7.19. The molecule has 0 aliphatic rings. The quantitative estimate of drug-likeness (QED) is 0.345. The lowest BCUT2D eigenvalue weighted by Crippen LogP contribution is -2.18. The smallest absolute Gasteiger partial charge is 0.257 e. The number of benzene rings is 2. The lowest BCUT2D eigenvalue weighted by atomic mass is 10.1. The molecule has 176 valence electrons. The van der Waals surface area contributed by atoms with Gasteiger partial charge >= 0.3 is 0 Å². The summed E-state index contributed by atoms with van der Waals surface area (Å²) in [6, 6.07) is 12.3. The molecule has 0 fully saturated rings. The molecule has 0 bridgehead atoms. The van der Waals surface area contributed by atoms with Crippen LogP contribution in [0, 0.1) is 13.8 Å². The summed E-state index contributed by atoms with van der Waals surface area (Å²) >= 11 is 1.40. The van der Waals surface area contributed by atoms with Crippen molar-refractivity contribution in [1.82, 2.24) is 15.2 Å². The van der Waals surface area contributed by atoms with Gasteiger partial charge in [-0.25, -0.2) is 4.98 Å². The number of amides is 1. The van der Waals surface area contributed by atoms with Crippen LogP contribution in [0.25, 0.3) is 11.5 Å². The largest absolute Gasteiger partial charge is 0.488 e. The molecule has 1 N–H and O–H groups in total. The van der Waals surface area contributed by atoms with Gasteiger partial charge in [-0.05, 0) is 50.2 Å². The molecular weight excluding hydrogens is 456 g/mol. The summed E-state index contributed by atoms with van der Waals surface area (Å²) in [4.78, 5) is 18.1. The summed E-state index contributed by atoms with van der Waals surface area (Å²) in [5.41, 5.74) is 1.15. The molecule has 0 radical (unpaired) electrons. The highest BCUT2D eigenvalue weighted by Gasteiger charge is 2.15. The van der Waals surface area contributed by atoms with Crippen molar-refractivity contribution in [2.45, 2.75) is 26.9 Å². The number of rotatable bonds is 9. The Morgan fingerprint density at radius 1 is 1.09 bits per heavy atom. The van der Waals surface area contributed by atoms with Gasteiger partial charge < -0.3 is 18.6 Å². The minimum absolute atomic E-state index is 0.213. The van der Waals surface area contributed by atoms with Crippen molar-refractivity contribution >= 4 is 22.4 Å². The highest BCUT2D eigenvalue weighted by Crippen LogP contribution is 2.30. The molecular formula is C24H24N4O5S. The fourth-order valence-electron chi connectivity index (χ4n) is 3.13. The first-order valence-corrected chi connectivity index (χ1v) is 11.3. The van der Waals surface area contributed by atoms with E-state index < -0.39 is 0 Å². The van der Waals surface area contributed by atoms with Crippen molar-refractivity contribution in [3.63, 3.8) is 0 Å². The zero-order valence-corrected chi connectivity index (χ0v) is 20.0. The van der Waals surface area contributed by atoms with E-state index in [1.807, 2.05) is 26.0 Å². The van der Waals surface area contributed by atoms with Crippen LogP contribution >= 0.6 is 11.3 Å². The Balaban J connectivity index is 1.57. The van der Waals surface area contributed by atoms with Crippen LogP contribution < -0.4 is 14.8 Å². The summed E-state index contributed by atoms with van der Waals surface area (Å²) in [5, 5.41) is 11.2. The number of carbonyl (C=O) groups is 1. The van der Waals surface area contributed by atoms with Crippen LogP contribution in [0.3, 0.4) is 0 Å². The van der Waals surface area contributed by atoms with Crippen molar-refractivity contribution in [3.8, 4) is 28.7 Å². The van der Waals surface area contributed by atoms with Crippen molar-refractivity contribution in [2.75, 3.05) is 19.0 Å². The molecule has 2 heterocycles. The van der Waals surface area contributed by atoms with Gasteiger partial charge in [0.25, 0.3) is 5.91 Å². The molecule has 0 aliphatic heterocycles. The molecule has 0 spiro atoms. The van der Waals surface area contributed by atoms with Gasteiger partial charge in [0.2, 0.25) is 11.8 Å². The number of aryl methyl sites for hydroxylation is 2. The predicted molar refractivity (Wildman–Crippen MR) is 128 cm³/mol. The molecule has 1 amide bonds. The van der Waals surface area contributed by atoms with Crippen molar-refractivity contribution < 1.29 is 23.4 Å². The molecule has 1 unspecified atom stereocenters. The zero-order chi connectivity index (χ0) is 24.1. The van der Waals surface area contributed by atoms with E-state index in [0.29, 0.717) is 46.3 Å². The summed E-state index contributed by atoms with van der Waals surface area (Å²) < 4.78 is 22.6. The highest BCUT2D eigenvalue weighted by molar-refractivity contribution is 7.15. The maximum absolute atomic E-state index is 12.9. The summed E-state index contributed by atoms with van der Waals surface area (Å²) in [6.07, 6.45) is 1.50. The number of aromatic nitrogens is 3. The number of ether oxygens (including phenoxy) is 3. The molecule has 9 nitrogen and oxygen atoms in total. The molecule has 0 aliphatic carbocycles. The average molecular weight is 481 g/mol. The normalized spacial score (nSPS) is 11.8. The molecule has 10 heteroatoms. The second-order valence-corrected chi connectivity index (χ2v) is 8.79. The Hall–Kier alpha value is -3.76. The Bertz CT molecular complexity index is 1270. The first kappa shape index (κ1) is 23.4. The molecule has 2 aromatic heterocycles. The standard InChI is InChI=1S/C24H24N4O5S/c1-14(13-30-4)31-20-9-18(22(29)26-24-25-12-15(2)34-24)10-21(11-20)33-19-7-5-17(6-8-19)23-28-27-16(3)32-23/h5-12,14H,13H2,1-4H3,(H,25,26,29). The van der Waals surface area contributed by atoms with E-state index in [9.17, 15) is 4.79 Å². The Labute approximate surface area is 200 Å². The zero-order valence-electron chi connectivity index (χ0n) is 19.2. The van der Waals surface area contributed by atoms with E-state index in [-0.39, 0.29) is 12.0 Å². The van der Waals surface area contributed by atoms with Crippen LogP contribution in [0.4, 0.5) is 5.13 Å². The average Bonchev–Trinajstić information content (AvgIpc) is 3.42. The third-order valence-corrected chi connectivity index (χ3v) is 5.41. The fraction of sp³-hybridized carbons (Fsp3) is 0.250. The number of methoxy groups -OCH3 is 1. The monoisotopic (exact) mass is 480 g/mol. The van der Waals surface area contributed by atoms with Crippen LogP contribution in [0.1, 0.15) is 28.0 Å². The Morgan fingerprint density at radius 2 is 1.85 bits per heavy atom. The highest BCUT2D eigenvalue weighted by atomic mass is 32.1. The molecule has 1 atom stereocenters. The third-order valence-electron chi connectivity index (χ3n) is 4.59. The van der Waals surface area contributed by atoms with Gasteiger partial charge in [-0.2, -0.15) is 0 Å². The van der Waals surface area contributed by atoms with E-state index in [0.717, 1.165) is 10.4 Å². The van der Waals surface area contributed by atoms with Crippen LogP contribution in [0.15, 0.2) is 53.1 Å². The second kappa shape index (κ2) is 10.4. The first-order chi connectivity index (χ1) is 16.4. The number of carbonyl (C=O) groups excluding carboxylic acids is 1. The molecule has 0 saturated heterocycles. The molecule has 4 aromatic rings. The minimum atomic E-state index is -0.314. The first-order valence-electron chi connectivity index (χ1n) is 10.5. The van der Waals surface area contributed by atoms with Gasteiger partial charge in [-0.15, -0.1) is 21.5 Å². The molecule has 2 aromatic carbocycles. The van der Waals surface area contributed by atoms with E-state index >= 15 is 0 Å². The Morgan fingerprint density at radius 3 is 2.50 bits per heavy atom. The fourth-order valence-corrected chi connectivity index (χ4v) is 3.79. The number of hydrogen-bond donors (Lipinski definition) is 1. The van der Waals surface area contributed by atoms with Crippen LogP contribution in [0.5, 0.6) is 17.2 Å². The second-order valence-electron chi connectivity index (χ2n) is 7.56. The maximum atomic E-state index is 12.9. The van der Waals surface area contributed by atoms with E-state index in [2.05, 4.69) is 20.5 Å². The van der Waals surface area contributed by atoms with Gasteiger partial charge in [-0.3, -0.25) is 10.1 Å². The predicted octanol–water partition coefficient (Wildman–Crippen LogP) is 5.27. The summed E-state index contributed by atoms with van der Waals surface area (Å²) in [5.74, 6) is 2.12. The molecule has 0 saturated carbocycles. The van der Waals surface area contributed by atoms with Crippen molar-refractivity contribution in [3.05, 3.63) is 65.0 Å². The van der Waals surface area contributed by atoms with Gasteiger partial charge in [0.15, 0.2) is 5.13 Å². The maximum Gasteiger partial charge on any atom is 0.257 e. The van der Waals surface area contributed by atoms with E-state index in [4.69, 9.17) is 18.6 Å². The molecule has 34 heavy (non-hydrogen) atoms. The van der Waals surface area contributed by atoms with Gasteiger partial charge in [0.05, 0.1) is 6.61 Å².